The molecule has 280 valence electrons. The molecule has 4 aromatic rings. The van der Waals surface area contributed by atoms with Gasteiger partial charge in [0.25, 0.3) is 0 Å². The molecule has 0 spiro atoms. The van der Waals surface area contributed by atoms with Crippen molar-refractivity contribution in [3.05, 3.63) is 124 Å². The van der Waals surface area contributed by atoms with Gasteiger partial charge in [0, 0.05) is 55.2 Å². The van der Waals surface area contributed by atoms with Crippen molar-refractivity contribution in [2.24, 2.45) is 0 Å². The van der Waals surface area contributed by atoms with Gasteiger partial charge in [-0.15, -0.1) is 0 Å². The Balaban J connectivity index is 1.01. The molecule has 2 heterocycles. The van der Waals surface area contributed by atoms with Gasteiger partial charge in [-0.2, -0.15) is 0 Å². The van der Waals surface area contributed by atoms with Gasteiger partial charge >= 0.3 is 0 Å². The van der Waals surface area contributed by atoms with Crippen LogP contribution in [-0.4, -0.2) is 52.7 Å². The Kier molecular flexibility index (Phi) is 13.2. The van der Waals surface area contributed by atoms with Crippen LogP contribution < -0.4 is 16.4 Å². The fourth-order valence-corrected chi connectivity index (χ4v) is 7.12. The minimum absolute atomic E-state index is 0.0233. The Morgan fingerprint density at radius 2 is 1.45 bits per heavy atom. The number of halogens is 1. The maximum absolute atomic E-state index is 12.7. The number of para-hydroxylation sites is 2. The summed E-state index contributed by atoms with van der Waals surface area (Å²) in [5.41, 5.74) is 10.4. The van der Waals surface area contributed by atoms with Crippen LogP contribution in [0.5, 0.6) is 0 Å². The number of nitrogen functional groups attached to an aromatic ring is 1. The smallest absolute Gasteiger partial charge is 0.224 e. The maximum Gasteiger partial charge on any atom is 0.224 e. The number of hydrogen-bond donors (Lipinski definition) is 5. The second kappa shape index (κ2) is 18.2. The van der Waals surface area contributed by atoms with Gasteiger partial charge in [0.05, 0.1) is 35.8 Å². The first-order chi connectivity index (χ1) is 25.7. The Bertz CT molecular complexity index is 1800. The molecule has 6 N–H and O–H groups in total. The predicted molar refractivity (Wildman–Crippen MR) is 207 cm³/mol. The van der Waals surface area contributed by atoms with Crippen LogP contribution in [-0.2, 0) is 31.3 Å². The van der Waals surface area contributed by atoms with Crippen molar-refractivity contribution in [3.63, 3.8) is 0 Å². The molecule has 0 aliphatic carbocycles. The topological polar surface area (TPSA) is 146 Å². The average molecular weight is 741 g/mol. The van der Waals surface area contributed by atoms with Crippen molar-refractivity contribution < 1.29 is 29.3 Å². The van der Waals surface area contributed by atoms with Crippen LogP contribution in [0.1, 0.15) is 86.0 Å². The van der Waals surface area contributed by atoms with E-state index in [-0.39, 0.29) is 30.6 Å². The number of aliphatic hydroxyl groups excluding tert-OH is 1. The molecule has 2 amide bonds. The van der Waals surface area contributed by atoms with Crippen LogP contribution in [0.2, 0.25) is 5.02 Å². The minimum Gasteiger partial charge on any atom is -0.397 e. The number of anilines is 3. The Morgan fingerprint density at radius 3 is 2.11 bits per heavy atom. The SMILES string of the molecule is Nc1ccccc1NC(=O)CCCCCC(=O)Nc1ccc([C@H]2O[C@@H](CN3CCC(O)(c4ccc(Cl)cc4)CC3)C[C@@H](c3ccc(CO)cc3)O2)cc1. The summed E-state index contributed by atoms with van der Waals surface area (Å²) in [5, 5.41) is 27.4. The summed E-state index contributed by atoms with van der Waals surface area (Å²) in [4.78, 5) is 27.3. The van der Waals surface area contributed by atoms with Crippen LogP contribution in [0.3, 0.4) is 0 Å². The van der Waals surface area contributed by atoms with E-state index in [1.807, 2.05) is 84.9 Å². The van der Waals surface area contributed by atoms with E-state index in [2.05, 4.69) is 15.5 Å². The second-order valence-electron chi connectivity index (χ2n) is 14.1. The summed E-state index contributed by atoms with van der Waals surface area (Å²) in [6.07, 6.45) is 3.76. The quantitative estimate of drug-likeness (QED) is 0.0661. The van der Waals surface area contributed by atoms with Gasteiger partial charge in [0.15, 0.2) is 6.29 Å². The molecule has 3 atom stereocenters. The predicted octanol–water partition coefficient (Wildman–Crippen LogP) is 7.47. The zero-order valence-corrected chi connectivity index (χ0v) is 30.6. The first-order valence-corrected chi connectivity index (χ1v) is 18.8. The monoisotopic (exact) mass is 740 g/mol. The lowest BCUT2D eigenvalue weighted by Crippen LogP contribution is -2.46. The normalized spacial score (nSPS) is 20.1. The molecule has 0 radical (unpaired) electrons. The van der Waals surface area contributed by atoms with E-state index in [0.717, 1.165) is 41.8 Å². The van der Waals surface area contributed by atoms with E-state index >= 15 is 0 Å². The number of carbonyl (C=O) groups excluding carboxylic acids is 2. The van der Waals surface area contributed by atoms with E-state index in [0.29, 0.717) is 73.6 Å². The lowest BCUT2D eigenvalue weighted by atomic mass is 9.84. The molecule has 0 aromatic heterocycles. The summed E-state index contributed by atoms with van der Waals surface area (Å²) in [7, 11) is 0. The van der Waals surface area contributed by atoms with Gasteiger partial charge < -0.3 is 41.0 Å². The van der Waals surface area contributed by atoms with Crippen LogP contribution >= 0.6 is 11.6 Å². The first kappa shape index (κ1) is 38.4. The third-order valence-electron chi connectivity index (χ3n) is 10.2. The molecule has 0 unspecified atom stereocenters. The Labute approximate surface area is 316 Å². The Hall–Kier alpha value is -4.29. The number of nitrogens with two attached hydrogens (primary N) is 1. The van der Waals surface area contributed by atoms with Gasteiger partial charge in [0.1, 0.15) is 0 Å². The summed E-state index contributed by atoms with van der Waals surface area (Å²) in [6.45, 7) is 2.13. The Morgan fingerprint density at radius 1 is 0.811 bits per heavy atom. The number of nitrogens with one attached hydrogen (secondary N) is 2. The molecule has 53 heavy (non-hydrogen) atoms. The number of nitrogens with zero attached hydrogens (tertiary/aromatic N) is 1. The number of amides is 2. The zero-order valence-electron chi connectivity index (χ0n) is 29.9. The molecule has 2 fully saturated rings. The summed E-state index contributed by atoms with van der Waals surface area (Å²) in [6, 6.07) is 30.0. The second-order valence-corrected chi connectivity index (χ2v) is 14.5. The number of unbranched alkanes of at least 4 members (excludes halogenated alkanes) is 2. The van der Waals surface area contributed by atoms with Crippen molar-refractivity contribution in [2.75, 3.05) is 36.0 Å². The zero-order chi connectivity index (χ0) is 37.2. The van der Waals surface area contributed by atoms with Gasteiger partial charge in [-0.1, -0.05) is 78.7 Å². The molecule has 2 aliphatic heterocycles. The van der Waals surface area contributed by atoms with Crippen LogP contribution in [0.15, 0.2) is 97.1 Å². The molecule has 11 heteroatoms. The minimum atomic E-state index is -0.884. The molecule has 4 aromatic carbocycles. The highest BCUT2D eigenvalue weighted by atomic mass is 35.5. The molecular weight excluding hydrogens is 692 g/mol. The van der Waals surface area contributed by atoms with Crippen molar-refractivity contribution in [1.29, 1.82) is 0 Å². The third kappa shape index (κ3) is 10.7. The van der Waals surface area contributed by atoms with Gasteiger partial charge in [-0.05, 0) is 78.8 Å². The third-order valence-corrected chi connectivity index (χ3v) is 10.4. The van der Waals surface area contributed by atoms with Crippen LogP contribution in [0, 0.1) is 0 Å². The molecule has 0 saturated carbocycles. The van der Waals surface area contributed by atoms with E-state index in [4.69, 9.17) is 26.8 Å². The van der Waals surface area contributed by atoms with Crippen LogP contribution in [0.25, 0.3) is 0 Å². The fourth-order valence-electron chi connectivity index (χ4n) is 6.99. The lowest BCUT2D eigenvalue weighted by molar-refractivity contribution is -0.253. The summed E-state index contributed by atoms with van der Waals surface area (Å²) >= 11 is 6.08. The van der Waals surface area contributed by atoms with Crippen molar-refractivity contribution in [2.45, 2.75) is 82.1 Å². The number of aliphatic hydroxyl groups is 2. The van der Waals surface area contributed by atoms with Crippen molar-refractivity contribution in [1.82, 2.24) is 4.90 Å². The number of ether oxygens (including phenoxy) is 2. The number of carbonyl (C=O) groups is 2. The van der Waals surface area contributed by atoms with E-state index in [1.165, 1.54) is 0 Å². The van der Waals surface area contributed by atoms with E-state index in [1.54, 1.807) is 12.1 Å². The average Bonchev–Trinajstić information content (AvgIpc) is 3.17. The fraction of sp³-hybridized carbons (Fsp3) is 0.381. The van der Waals surface area contributed by atoms with Crippen LogP contribution in [0.4, 0.5) is 17.1 Å². The molecule has 10 nitrogen and oxygen atoms in total. The maximum atomic E-state index is 12.7. The number of piperidine rings is 1. The van der Waals surface area contributed by atoms with Crippen molar-refractivity contribution >= 4 is 40.5 Å². The lowest BCUT2D eigenvalue weighted by Gasteiger charge is -2.42. The summed E-state index contributed by atoms with van der Waals surface area (Å²) in [5.74, 6) is -0.175. The largest absolute Gasteiger partial charge is 0.397 e. The van der Waals surface area contributed by atoms with E-state index < -0.39 is 11.9 Å². The standard InChI is InChI=1S/C42H49ClN4O6/c43-33-18-16-32(17-19-33)42(51)22-24-47(25-23-42)27-35-26-38(30-12-10-29(28-48)11-13-30)53-41(52-35)31-14-20-34(21-15-31)45-39(49)8-2-1-3-9-40(50)46-37-7-5-4-6-36(37)44/h4-7,10-21,35,38,41,48,51H,1-3,8-9,22-28,44H2,(H,45,49)(H,46,50)/t35-,38+,41+/m1/s1. The molecule has 0 bridgehead atoms. The highest BCUT2D eigenvalue weighted by molar-refractivity contribution is 6.30. The molecule has 6 rings (SSSR count). The van der Waals surface area contributed by atoms with Crippen molar-refractivity contribution in [3.8, 4) is 0 Å². The molecule has 2 saturated heterocycles. The van der Waals surface area contributed by atoms with Gasteiger partial charge in [-0.25, -0.2) is 0 Å². The highest BCUT2D eigenvalue weighted by Gasteiger charge is 2.37. The highest BCUT2D eigenvalue weighted by Crippen LogP contribution is 2.40. The number of hydrogen-bond acceptors (Lipinski definition) is 8. The molecular formula is C42H49ClN4O6. The number of likely N-dealkylation sites (tertiary alicyclic amines) is 1. The van der Waals surface area contributed by atoms with Gasteiger partial charge in [0.2, 0.25) is 11.8 Å². The van der Waals surface area contributed by atoms with E-state index in [9.17, 15) is 19.8 Å². The first-order valence-electron chi connectivity index (χ1n) is 18.4. The number of benzene rings is 4. The van der Waals surface area contributed by atoms with Gasteiger partial charge in [-0.3, -0.25) is 9.59 Å². The summed E-state index contributed by atoms with van der Waals surface area (Å²) < 4.78 is 13.1. The number of rotatable bonds is 14. The molecule has 2 aliphatic rings.